The Hall–Kier alpha value is -3.12. The van der Waals surface area contributed by atoms with Crippen molar-refractivity contribution in [2.75, 3.05) is 58.3 Å². The highest BCUT2D eigenvalue weighted by atomic mass is 15.5. The third-order valence-corrected chi connectivity index (χ3v) is 8.18. The second-order valence-electron chi connectivity index (χ2n) is 11.6. The molecular formula is C26H42BN11+2. The average Bonchev–Trinajstić information content (AvgIpc) is 3.71. The van der Waals surface area contributed by atoms with Crippen LogP contribution in [0.3, 0.4) is 0 Å². The first kappa shape index (κ1) is 26.5. The number of anilines is 1. The summed E-state index contributed by atoms with van der Waals surface area (Å²) in [6.07, 6.45) is 9.48. The topological polar surface area (TPSA) is 89.4 Å². The zero-order chi connectivity index (χ0) is 26.4. The predicted molar refractivity (Wildman–Crippen MR) is 149 cm³/mol. The second-order valence-corrected chi connectivity index (χ2v) is 11.6. The van der Waals surface area contributed by atoms with E-state index in [9.17, 15) is 0 Å². The molecule has 2 aliphatic rings. The minimum Gasteiger partial charge on any atom is -0.368 e. The molecule has 1 aromatic carbocycles. The van der Waals surface area contributed by atoms with Crippen LogP contribution in [0, 0.1) is 0 Å². The van der Waals surface area contributed by atoms with Crippen molar-refractivity contribution < 1.29 is 8.97 Å². The van der Waals surface area contributed by atoms with Gasteiger partial charge in [-0.2, -0.15) is 5.11 Å². The Morgan fingerprint density at radius 2 is 1.26 bits per heavy atom. The molecule has 5 rings (SSSR count). The molecule has 12 heteroatoms. The summed E-state index contributed by atoms with van der Waals surface area (Å²) < 4.78 is 6.12. The molecule has 2 saturated heterocycles. The summed E-state index contributed by atoms with van der Waals surface area (Å²) in [4.78, 5) is 2.37. The van der Waals surface area contributed by atoms with E-state index in [1.165, 1.54) is 51.9 Å². The lowest BCUT2D eigenvalue weighted by Gasteiger charge is -2.27. The van der Waals surface area contributed by atoms with E-state index in [1.807, 2.05) is 21.5 Å². The van der Waals surface area contributed by atoms with Crippen LogP contribution in [0.2, 0.25) is 0 Å². The van der Waals surface area contributed by atoms with Crippen molar-refractivity contribution in [2.24, 2.45) is 10.1 Å². The van der Waals surface area contributed by atoms with Gasteiger partial charge in [-0.3, -0.25) is 14.4 Å². The minimum absolute atomic E-state index is 0.769. The first-order valence-corrected chi connectivity index (χ1v) is 14.0. The molecule has 202 valence electrons. The number of aromatic nitrogens is 6. The smallest absolute Gasteiger partial charge is 0.273 e. The molecule has 11 nitrogen and oxygen atoms in total. The largest absolute Gasteiger partial charge is 0.368 e. The van der Waals surface area contributed by atoms with Crippen LogP contribution in [0.25, 0.3) is 0 Å². The molecule has 2 fully saturated rings. The zero-order valence-electron chi connectivity index (χ0n) is 23.3. The van der Waals surface area contributed by atoms with Gasteiger partial charge >= 0.3 is 0 Å². The van der Waals surface area contributed by atoms with Gasteiger partial charge in [-0.25, -0.2) is 0 Å². The maximum atomic E-state index is 4.48. The lowest BCUT2D eigenvalue weighted by atomic mass is 10.2. The first-order valence-electron chi connectivity index (χ1n) is 14.0. The number of hydrogen-bond donors (Lipinski definition) is 0. The number of quaternary nitrogens is 2. The fraction of sp³-hybridized carbons (Fsp3) is 0.615. The summed E-state index contributed by atoms with van der Waals surface area (Å²) in [5.41, 5.74) is 4.17. The van der Waals surface area contributed by atoms with Crippen molar-refractivity contribution in [3.8, 4) is 0 Å². The van der Waals surface area contributed by atoms with Crippen molar-refractivity contribution >= 4 is 19.4 Å². The molecule has 3 aromatic rings. The SMILES string of the molecule is BN=Nc1ccc(N(CCn2cc(C[N+]3(C)CCCC3)nn2)CCn2cc(C[N+]3(C)CCCC3)nn2)cc1. The molecule has 0 spiro atoms. The lowest BCUT2D eigenvalue weighted by Crippen LogP contribution is -2.39. The van der Waals surface area contributed by atoms with Crippen molar-refractivity contribution in [1.82, 2.24) is 30.0 Å². The summed E-state index contributed by atoms with van der Waals surface area (Å²) in [6.45, 7) is 10.0. The quantitative estimate of drug-likeness (QED) is 0.208. The number of nitrogens with zero attached hydrogens (tertiary/aromatic N) is 11. The molecule has 2 aliphatic heterocycles. The number of likely N-dealkylation sites (tertiary alicyclic amines) is 2. The van der Waals surface area contributed by atoms with E-state index in [-0.39, 0.29) is 0 Å². The molecule has 2 aromatic heterocycles. The lowest BCUT2D eigenvalue weighted by molar-refractivity contribution is -0.911. The van der Waals surface area contributed by atoms with E-state index >= 15 is 0 Å². The van der Waals surface area contributed by atoms with Crippen LogP contribution in [0.4, 0.5) is 11.4 Å². The second kappa shape index (κ2) is 11.7. The highest BCUT2D eigenvalue weighted by Gasteiger charge is 2.29. The van der Waals surface area contributed by atoms with Gasteiger partial charge in [0.2, 0.25) is 0 Å². The molecule has 0 radical (unpaired) electrons. The Labute approximate surface area is 226 Å². The van der Waals surface area contributed by atoms with Crippen LogP contribution in [0.1, 0.15) is 37.1 Å². The normalized spacial score (nSPS) is 18.5. The zero-order valence-corrected chi connectivity index (χ0v) is 23.3. The maximum Gasteiger partial charge on any atom is 0.273 e. The van der Waals surface area contributed by atoms with Gasteiger partial charge in [0.1, 0.15) is 24.5 Å². The maximum absolute atomic E-state index is 4.48. The minimum atomic E-state index is 0.769. The fourth-order valence-electron chi connectivity index (χ4n) is 6.00. The third-order valence-electron chi connectivity index (χ3n) is 8.18. The Morgan fingerprint density at radius 1 is 0.789 bits per heavy atom. The van der Waals surface area contributed by atoms with Crippen LogP contribution in [-0.2, 0) is 26.2 Å². The van der Waals surface area contributed by atoms with Gasteiger partial charge in [0, 0.05) is 44.5 Å². The standard InChI is InChI=1S/C26H42BN11/c1-37(15-3-4-16-37)21-24-19-35(32-29-24)13-11-34(26-9-7-23(8-10-26)28-31-27)12-14-36-20-25(30-33-36)22-38(2)17-5-6-18-38/h7-10,19-20H,3-6,11-18,21-22,27H2,1-2H3/q+2. The molecule has 38 heavy (non-hydrogen) atoms. The summed E-state index contributed by atoms with van der Waals surface area (Å²) >= 11 is 0. The van der Waals surface area contributed by atoms with Gasteiger partial charge < -0.3 is 13.9 Å². The van der Waals surface area contributed by atoms with Crippen LogP contribution >= 0.6 is 0 Å². The fourth-order valence-corrected chi connectivity index (χ4v) is 6.00. The highest BCUT2D eigenvalue weighted by Crippen LogP contribution is 2.22. The van der Waals surface area contributed by atoms with E-state index in [2.05, 4.69) is 74.3 Å². The molecule has 0 unspecified atom stereocenters. The third kappa shape index (κ3) is 6.85. The van der Waals surface area contributed by atoms with Gasteiger partial charge in [0.15, 0.2) is 0 Å². The molecule has 0 saturated carbocycles. The number of hydrogen-bond acceptors (Lipinski definition) is 7. The average molecular weight is 520 g/mol. The number of rotatable bonds is 12. The summed E-state index contributed by atoms with van der Waals surface area (Å²) in [5, 5.41) is 25.9. The van der Waals surface area contributed by atoms with Crippen molar-refractivity contribution in [1.29, 1.82) is 0 Å². The van der Waals surface area contributed by atoms with E-state index in [4.69, 9.17) is 0 Å². The van der Waals surface area contributed by atoms with Crippen LogP contribution in [0.15, 0.2) is 46.8 Å². The summed E-state index contributed by atoms with van der Waals surface area (Å²) in [6, 6.07) is 8.24. The predicted octanol–water partition coefficient (Wildman–Crippen LogP) is 2.19. The van der Waals surface area contributed by atoms with Crippen LogP contribution in [-0.4, -0.2) is 100 Å². The van der Waals surface area contributed by atoms with Crippen molar-refractivity contribution in [3.05, 3.63) is 48.0 Å². The Morgan fingerprint density at radius 3 is 1.71 bits per heavy atom. The Bertz CT molecular complexity index is 1120. The van der Waals surface area contributed by atoms with Gasteiger partial charge in [0.05, 0.1) is 71.4 Å². The van der Waals surface area contributed by atoms with E-state index in [0.29, 0.717) is 0 Å². The molecule has 0 aliphatic carbocycles. The molecule has 0 bridgehead atoms. The molecule has 0 atom stereocenters. The van der Waals surface area contributed by atoms with Gasteiger partial charge in [-0.15, -0.1) is 10.2 Å². The summed E-state index contributed by atoms with van der Waals surface area (Å²) in [7, 11) is 6.35. The van der Waals surface area contributed by atoms with Crippen LogP contribution in [0.5, 0.6) is 0 Å². The van der Waals surface area contributed by atoms with Crippen LogP contribution < -0.4 is 4.90 Å². The van der Waals surface area contributed by atoms with Crippen molar-refractivity contribution in [2.45, 2.75) is 51.9 Å². The Balaban J connectivity index is 1.22. The molecule has 4 heterocycles. The van der Waals surface area contributed by atoms with Crippen molar-refractivity contribution in [3.63, 3.8) is 0 Å². The van der Waals surface area contributed by atoms with E-state index in [0.717, 1.165) is 71.0 Å². The number of benzene rings is 1. The van der Waals surface area contributed by atoms with Gasteiger partial charge in [0.25, 0.3) is 7.98 Å². The van der Waals surface area contributed by atoms with E-state index < -0.39 is 0 Å². The van der Waals surface area contributed by atoms with E-state index in [1.54, 1.807) is 7.98 Å². The Kier molecular flexibility index (Phi) is 8.18. The molecule has 0 amide bonds. The molecular weight excluding hydrogens is 477 g/mol. The first-order chi connectivity index (χ1) is 18.4. The highest BCUT2D eigenvalue weighted by molar-refractivity contribution is 6.04. The van der Waals surface area contributed by atoms with Gasteiger partial charge in [-0.05, 0) is 24.3 Å². The monoisotopic (exact) mass is 519 g/mol. The van der Waals surface area contributed by atoms with Gasteiger partial charge in [-0.1, -0.05) is 10.4 Å². The summed E-state index contributed by atoms with van der Waals surface area (Å²) in [5.74, 6) is 0. The molecule has 0 N–H and O–H groups in total.